The highest BCUT2D eigenvalue weighted by Crippen LogP contribution is 2.30. The second-order valence-corrected chi connectivity index (χ2v) is 10.8. The van der Waals surface area contributed by atoms with Gasteiger partial charge >= 0.3 is 0 Å². The summed E-state index contributed by atoms with van der Waals surface area (Å²) in [6, 6.07) is 25.2. The molecule has 0 spiro atoms. The Bertz CT molecular complexity index is 1220. The summed E-state index contributed by atoms with van der Waals surface area (Å²) in [5.74, 6) is 0. The molecule has 36 heavy (non-hydrogen) atoms. The highest BCUT2D eigenvalue weighted by Gasteiger charge is 2.22. The van der Waals surface area contributed by atoms with Gasteiger partial charge in [0.15, 0.2) is 0 Å². The van der Waals surface area contributed by atoms with Gasteiger partial charge in [0, 0.05) is 50.7 Å². The number of nitrogens with one attached hydrogen (secondary N) is 1. The lowest BCUT2D eigenvalue weighted by atomic mass is 9.99. The molecule has 5 rings (SSSR count). The first kappa shape index (κ1) is 25.3. The number of rotatable bonds is 7. The number of benzene rings is 3. The number of fused-ring (bicyclic) bond motifs is 1. The molecule has 3 aromatic rings. The van der Waals surface area contributed by atoms with Crippen LogP contribution in [0.2, 0.25) is 5.02 Å². The van der Waals surface area contributed by atoms with Crippen molar-refractivity contribution in [3.63, 3.8) is 0 Å². The van der Waals surface area contributed by atoms with Crippen molar-refractivity contribution < 1.29 is 0 Å². The van der Waals surface area contributed by atoms with E-state index in [2.05, 4.69) is 74.6 Å². The van der Waals surface area contributed by atoms with Crippen LogP contribution in [0, 0.1) is 0 Å². The number of halogens is 1. The fourth-order valence-electron chi connectivity index (χ4n) is 5.05. The van der Waals surface area contributed by atoms with Gasteiger partial charge in [0.2, 0.25) is 0 Å². The SMILES string of the molecule is S=C1CC(=S)N(CCCN2CCN(Cc3ccccc3-c3ccc(Cl)cc3)CC2)c2ccccc2N1. The summed E-state index contributed by atoms with van der Waals surface area (Å²) in [5, 5.41) is 4.12. The molecule has 186 valence electrons. The van der Waals surface area contributed by atoms with Gasteiger partial charge in [-0.05, 0) is 53.9 Å². The van der Waals surface area contributed by atoms with E-state index in [4.69, 9.17) is 36.0 Å². The summed E-state index contributed by atoms with van der Waals surface area (Å²) in [6.45, 7) is 7.31. The van der Waals surface area contributed by atoms with Gasteiger partial charge < -0.3 is 15.1 Å². The lowest BCUT2D eigenvalue weighted by Gasteiger charge is -2.35. The molecule has 1 saturated heterocycles. The fourth-order valence-corrected chi connectivity index (χ4v) is 5.85. The maximum Gasteiger partial charge on any atom is 0.0892 e. The minimum Gasteiger partial charge on any atom is -0.348 e. The predicted molar refractivity (Wildman–Crippen MR) is 160 cm³/mol. The summed E-state index contributed by atoms with van der Waals surface area (Å²) in [5.41, 5.74) is 6.06. The molecule has 0 amide bonds. The van der Waals surface area contributed by atoms with Crippen LogP contribution in [0.25, 0.3) is 11.1 Å². The Balaban J connectivity index is 1.13. The van der Waals surface area contributed by atoms with Crippen LogP contribution in [0.4, 0.5) is 11.4 Å². The lowest BCUT2D eigenvalue weighted by Crippen LogP contribution is -2.46. The van der Waals surface area contributed by atoms with Crippen molar-refractivity contribution >= 4 is 57.4 Å². The van der Waals surface area contributed by atoms with E-state index in [9.17, 15) is 0 Å². The van der Waals surface area contributed by atoms with Gasteiger partial charge in [-0.15, -0.1) is 0 Å². The average Bonchev–Trinajstić information content (AvgIpc) is 3.01. The van der Waals surface area contributed by atoms with Crippen LogP contribution in [-0.2, 0) is 6.54 Å². The maximum atomic E-state index is 6.10. The first-order valence-electron chi connectivity index (χ1n) is 12.5. The molecule has 1 N–H and O–H groups in total. The quantitative estimate of drug-likeness (QED) is 0.347. The van der Waals surface area contributed by atoms with E-state index in [1.807, 2.05) is 18.2 Å². The maximum absolute atomic E-state index is 6.10. The van der Waals surface area contributed by atoms with Crippen molar-refractivity contribution in [1.29, 1.82) is 0 Å². The van der Waals surface area contributed by atoms with Crippen molar-refractivity contribution in [2.45, 2.75) is 19.4 Å². The van der Waals surface area contributed by atoms with Gasteiger partial charge in [0.05, 0.1) is 21.4 Å². The fraction of sp³-hybridized carbons (Fsp3) is 0.310. The van der Waals surface area contributed by atoms with Gasteiger partial charge in [-0.3, -0.25) is 4.90 Å². The van der Waals surface area contributed by atoms with Crippen LogP contribution in [0.5, 0.6) is 0 Å². The molecule has 0 aromatic heterocycles. The number of anilines is 2. The minimum absolute atomic E-state index is 0.634. The Morgan fingerprint density at radius 1 is 0.778 bits per heavy atom. The van der Waals surface area contributed by atoms with Crippen molar-refractivity contribution in [1.82, 2.24) is 9.80 Å². The van der Waals surface area contributed by atoms with Crippen molar-refractivity contribution in [2.75, 3.05) is 49.5 Å². The first-order valence-corrected chi connectivity index (χ1v) is 13.7. The Kier molecular flexibility index (Phi) is 8.29. The molecule has 0 unspecified atom stereocenters. The number of piperazine rings is 1. The van der Waals surface area contributed by atoms with Crippen molar-refractivity contribution in [2.24, 2.45) is 0 Å². The molecular weight excluding hydrogens is 504 g/mol. The minimum atomic E-state index is 0.634. The third kappa shape index (κ3) is 6.13. The van der Waals surface area contributed by atoms with Gasteiger partial charge in [-0.2, -0.15) is 0 Å². The summed E-state index contributed by atoms with van der Waals surface area (Å²) in [7, 11) is 0. The van der Waals surface area contributed by atoms with Crippen LogP contribution in [0.3, 0.4) is 0 Å². The summed E-state index contributed by atoms with van der Waals surface area (Å²) in [6.07, 6.45) is 1.70. The van der Waals surface area contributed by atoms with E-state index in [-0.39, 0.29) is 0 Å². The molecule has 0 radical (unpaired) electrons. The zero-order valence-electron chi connectivity index (χ0n) is 20.3. The van der Waals surface area contributed by atoms with E-state index in [0.717, 1.165) is 78.6 Å². The van der Waals surface area contributed by atoms with E-state index in [1.165, 1.54) is 16.7 Å². The van der Waals surface area contributed by atoms with Crippen LogP contribution >= 0.6 is 36.0 Å². The number of thiocarbonyl (C=S) groups is 2. The zero-order chi connectivity index (χ0) is 24.9. The number of hydrogen-bond acceptors (Lipinski definition) is 4. The molecular formula is C29H31ClN4S2. The molecule has 2 aliphatic rings. The molecule has 3 aromatic carbocycles. The topological polar surface area (TPSA) is 21.8 Å². The van der Waals surface area contributed by atoms with Gasteiger partial charge in [-0.1, -0.05) is 84.6 Å². The zero-order valence-corrected chi connectivity index (χ0v) is 22.7. The van der Waals surface area contributed by atoms with E-state index in [0.29, 0.717) is 6.42 Å². The monoisotopic (exact) mass is 534 g/mol. The number of para-hydroxylation sites is 2. The standard InChI is InChI=1S/C29H31ClN4S2/c30-24-12-10-22(11-13-24)25-7-2-1-6-23(25)21-33-18-16-32(17-19-33)14-5-15-34-27-9-4-3-8-26(27)31-28(35)20-29(34)36/h1-4,6-13H,5,14-21H2,(H,31,35). The van der Waals surface area contributed by atoms with Crippen molar-refractivity contribution in [3.05, 3.63) is 83.4 Å². The molecule has 0 aliphatic carbocycles. The Morgan fingerprint density at radius 3 is 2.28 bits per heavy atom. The summed E-state index contributed by atoms with van der Waals surface area (Å²) in [4.78, 5) is 9.11. The van der Waals surface area contributed by atoms with E-state index >= 15 is 0 Å². The number of nitrogens with zero attached hydrogens (tertiary/aromatic N) is 3. The van der Waals surface area contributed by atoms with Gasteiger partial charge in [-0.25, -0.2) is 0 Å². The average molecular weight is 535 g/mol. The Morgan fingerprint density at radius 2 is 1.47 bits per heavy atom. The van der Waals surface area contributed by atoms with E-state index in [1.54, 1.807) is 0 Å². The molecule has 7 heteroatoms. The highest BCUT2D eigenvalue weighted by molar-refractivity contribution is 7.82. The Hall–Kier alpha value is -2.35. The Labute approximate surface area is 229 Å². The summed E-state index contributed by atoms with van der Waals surface area (Å²) < 4.78 is 0. The van der Waals surface area contributed by atoms with Crippen LogP contribution < -0.4 is 10.2 Å². The highest BCUT2D eigenvalue weighted by atomic mass is 35.5. The molecule has 0 atom stereocenters. The second-order valence-electron chi connectivity index (χ2n) is 9.42. The van der Waals surface area contributed by atoms with Crippen LogP contribution in [0.15, 0.2) is 72.8 Å². The van der Waals surface area contributed by atoms with Gasteiger partial charge in [0.1, 0.15) is 0 Å². The van der Waals surface area contributed by atoms with Crippen LogP contribution in [-0.4, -0.2) is 59.0 Å². The molecule has 4 nitrogen and oxygen atoms in total. The predicted octanol–water partition coefficient (Wildman–Crippen LogP) is 6.49. The molecule has 0 bridgehead atoms. The molecule has 2 aliphatic heterocycles. The second kappa shape index (κ2) is 11.8. The molecule has 0 saturated carbocycles. The smallest absolute Gasteiger partial charge is 0.0892 e. The van der Waals surface area contributed by atoms with Gasteiger partial charge in [0.25, 0.3) is 0 Å². The summed E-state index contributed by atoms with van der Waals surface area (Å²) >= 11 is 17.3. The third-order valence-corrected chi connectivity index (χ3v) is 7.83. The van der Waals surface area contributed by atoms with Crippen LogP contribution in [0.1, 0.15) is 18.4 Å². The van der Waals surface area contributed by atoms with E-state index < -0.39 is 0 Å². The first-order chi connectivity index (χ1) is 17.6. The third-order valence-electron chi connectivity index (χ3n) is 6.97. The number of hydrogen-bond donors (Lipinski definition) is 1. The van der Waals surface area contributed by atoms with Crippen molar-refractivity contribution in [3.8, 4) is 11.1 Å². The largest absolute Gasteiger partial charge is 0.348 e. The molecule has 2 heterocycles. The normalized spacial score (nSPS) is 17.0. The lowest BCUT2D eigenvalue weighted by molar-refractivity contribution is 0.127. The molecule has 1 fully saturated rings.